The zero-order chi connectivity index (χ0) is 23.1. The molecule has 0 spiro atoms. The van der Waals surface area contributed by atoms with Gasteiger partial charge in [0.15, 0.2) is 0 Å². The molecule has 2 aromatic carbocycles. The van der Waals surface area contributed by atoms with Gasteiger partial charge in [-0.15, -0.1) is 11.8 Å². The number of carbonyl (C=O) groups excluding carboxylic acids is 2. The predicted molar refractivity (Wildman–Crippen MR) is 125 cm³/mol. The van der Waals surface area contributed by atoms with E-state index in [1.54, 1.807) is 0 Å². The summed E-state index contributed by atoms with van der Waals surface area (Å²) in [7, 11) is 0. The average Bonchev–Trinajstić information content (AvgIpc) is 3.09. The smallest absolute Gasteiger partial charge is 0.407 e. The van der Waals surface area contributed by atoms with Crippen molar-refractivity contribution in [1.29, 1.82) is 0 Å². The summed E-state index contributed by atoms with van der Waals surface area (Å²) in [5, 5.41) is 14.1. The molecule has 7 nitrogen and oxygen atoms in total. The van der Waals surface area contributed by atoms with Crippen LogP contribution in [0.25, 0.3) is 11.1 Å². The molecular formula is C24H28N2O5S. The fourth-order valence-electron chi connectivity index (χ4n) is 3.82. The monoisotopic (exact) mass is 456 g/mol. The zero-order valence-electron chi connectivity index (χ0n) is 18.2. The van der Waals surface area contributed by atoms with Crippen LogP contribution in [0.5, 0.6) is 0 Å². The van der Waals surface area contributed by atoms with Crippen molar-refractivity contribution in [2.75, 3.05) is 24.7 Å². The lowest BCUT2D eigenvalue weighted by Gasteiger charge is -2.22. The van der Waals surface area contributed by atoms with Crippen molar-refractivity contribution in [1.82, 2.24) is 10.6 Å². The lowest BCUT2D eigenvalue weighted by molar-refractivity contribution is -0.133. The van der Waals surface area contributed by atoms with E-state index in [0.717, 1.165) is 22.3 Å². The average molecular weight is 457 g/mol. The van der Waals surface area contributed by atoms with Crippen molar-refractivity contribution in [3.05, 3.63) is 59.7 Å². The number of carboxylic acid groups (broad SMARTS) is 1. The Morgan fingerprint density at radius 1 is 1.03 bits per heavy atom. The maximum atomic E-state index is 12.5. The van der Waals surface area contributed by atoms with Crippen LogP contribution >= 0.6 is 11.8 Å². The van der Waals surface area contributed by atoms with Crippen LogP contribution in [0.1, 0.15) is 30.9 Å². The third-order valence-corrected chi connectivity index (χ3v) is 6.28. The molecule has 0 aromatic heterocycles. The van der Waals surface area contributed by atoms with Crippen molar-refractivity contribution in [3.63, 3.8) is 0 Å². The van der Waals surface area contributed by atoms with Crippen LogP contribution < -0.4 is 10.6 Å². The van der Waals surface area contributed by atoms with Crippen molar-refractivity contribution in [2.24, 2.45) is 5.92 Å². The van der Waals surface area contributed by atoms with Gasteiger partial charge < -0.3 is 20.5 Å². The summed E-state index contributed by atoms with van der Waals surface area (Å²) in [4.78, 5) is 35.5. The number of nitrogens with one attached hydrogen (secondary N) is 2. The number of carboxylic acids is 1. The summed E-state index contributed by atoms with van der Waals surface area (Å²) >= 11 is 1.22. The number of hydrogen-bond acceptors (Lipinski definition) is 5. The Kier molecular flexibility index (Phi) is 8.16. The number of alkyl carbamates (subject to hydrolysis) is 1. The van der Waals surface area contributed by atoms with E-state index in [0.29, 0.717) is 12.3 Å². The molecule has 2 amide bonds. The van der Waals surface area contributed by atoms with E-state index in [4.69, 9.17) is 9.84 Å². The van der Waals surface area contributed by atoms with E-state index < -0.39 is 18.1 Å². The quantitative estimate of drug-likeness (QED) is 0.473. The highest BCUT2D eigenvalue weighted by Gasteiger charge is 2.30. The molecule has 2 aromatic rings. The Hall–Kier alpha value is -3.00. The lowest BCUT2D eigenvalue weighted by Crippen LogP contribution is -2.50. The van der Waals surface area contributed by atoms with Gasteiger partial charge in [0.25, 0.3) is 0 Å². The molecular weight excluding hydrogens is 428 g/mol. The fraction of sp³-hybridized carbons (Fsp3) is 0.375. The highest BCUT2D eigenvalue weighted by atomic mass is 32.2. The Morgan fingerprint density at radius 2 is 1.62 bits per heavy atom. The number of rotatable bonds is 10. The summed E-state index contributed by atoms with van der Waals surface area (Å²) < 4.78 is 5.54. The second-order valence-corrected chi connectivity index (χ2v) is 9.03. The summed E-state index contributed by atoms with van der Waals surface area (Å²) in [6, 6.07) is 15.5. The van der Waals surface area contributed by atoms with Crippen molar-refractivity contribution in [3.8, 4) is 11.1 Å². The molecule has 0 fully saturated rings. The van der Waals surface area contributed by atoms with Crippen LogP contribution in [-0.2, 0) is 14.3 Å². The largest absolute Gasteiger partial charge is 0.481 e. The van der Waals surface area contributed by atoms with E-state index in [1.165, 1.54) is 11.8 Å². The van der Waals surface area contributed by atoms with Crippen molar-refractivity contribution < 1.29 is 24.2 Å². The summed E-state index contributed by atoms with van der Waals surface area (Å²) in [5.41, 5.74) is 4.55. The number of thioether (sulfide) groups is 1. The number of amides is 2. The van der Waals surface area contributed by atoms with Crippen LogP contribution in [0.4, 0.5) is 4.79 Å². The van der Waals surface area contributed by atoms with E-state index in [-0.39, 0.29) is 30.1 Å². The molecule has 0 saturated heterocycles. The van der Waals surface area contributed by atoms with Gasteiger partial charge in [0.2, 0.25) is 5.91 Å². The van der Waals surface area contributed by atoms with Crippen LogP contribution in [0, 0.1) is 5.92 Å². The number of benzene rings is 2. The Labute approximate surface area is 191 Å². The molecule has 0 bridgehead atoms. The maximum Gasteiger partial charge on any atom is 0.407 e. The minimum atomic E-state index is -0.890. The topological polar surface area (TPSA) is 105 Å². The molecule has 0 radical (unpaired) electrons. The highest BCUT2D eigenvalue weighted by molar-refractivity contribution is 7.99. The number of fused-ring (bicyclic) bond motifs is 3. The number of hydrogen-bond donors (Lipinski definition) is 3. The second kappa shape index (κ2) is 11.0. The molecule has 0 saturated carbocycles. The van der Waals surface area contributed by atoms with Gasteiger partial charge in [-0.2, -0.15) is 0 Å². The molecule has 32 heavy (non-hydrogen) atoms. The summed E-state index contributed by atoms with van der Waals surface area (Å²) in [6.07, 6.45) is -0.638. The molecule has 3 N–H and O–H groups in total. The van der Waals surface area contributed by atoms with E-state index >= 15 is 0 Å². The molecule has 3 rings (SSSR count). The van der Waals surface area contributed by atoms with Gasteiger partial charge in [-0.1, -0.05) is 62.4 Å². The molecule has 0 heterocycles. The standard InChI is InChI=1S/C24H28N2O5S/c1-15(2)22(23(29)25-11-12-32-14-21(27)28)26-24(30)31-13-20-18-9-5-3-7-16(18)17-8-4-6-10-19(17)20/h3-10,15,20,22H,11-14H2,1-2H3,(H,25,29)(H,26,30)(H,27,28)/t22-/m1/s1. The highest BCUT2D eigenvalue weighted by Crippen LogP contribution is 2.44. The number of ether oxygens (including phenoxy) is 1. The molecule has 1 aliphatic rings. The normalized spacial score (nSPS) is 13.2. The maximum absolute atomic E-state index is 12.5. The van der Waals surface area contributed by atoms with Crippen molar-refractivity contribution >= 4 is 29.7 Å². The van der Waals surface area contributed by atoms with Gasteiger partial charge in [-0.25, -0.2) is 4.79 Å². The van der Waals surface area contributed by atoms with E-state index in [2.05, 4.69) is 22.8 Å². The molecule has 8 heteroatoms. The van der Waals surface area contributed by atoms with Crippen molar-refractivity contribution in [2.45, 2.75) is 25.8 Å². The minimum absolute atomic E-state index is 0.0124. The molecule has 1 atom stereocenters. The van der Waals surface area contributed by atoms with Crippen LogP contribution in [0.2, 0.25) is 0 Å². The Bertz CT molecular complexity index is 933. The summed E-state index contributed by atoms with van der Waals surface area (Å²) in [5.74, 6) is -0.925. The number of aliphatic carboxylic acids is 1. The van der Waals surface area contributed by atoms with Gasteiger partial charge in [0.05, 0.1) is 5.75 Å². The van der Waals surface area contributed by atoms with Gasteiger partial charge >= 0.3 is 12.1 Å². The molecule has 0 unspecified atom stereocenters. The zero-order valence-corrected chi connectivity index (χ0v) is 19.0. The fourth-order valence-corrected chi connectivity index (χ4v) is 4.38. The molecule has 0 aliphatic heterocycles. The van der Waals surface area contributed by atoms with Gasteiger partial charge in [-0.3, -0.25) is 9.59 Å². The van der Waals surface area contributed by atoms with E-state index in [9.17, 15) is 14.4 Å². The third kappa shape index (κ3) is 5.82. The van der Waals surface area contributed by atoms with Crippen LogP contribution in [0.3, 0.4) is 0 Å². The van der Waals surface area contributed by atoms with Gasteiger partial charge in [0, 0.05) is 18.2 Å². The first-order chi connectivity index (χ1) is 15.4. The van der Waals surface area contributed by atoms with Gasteiger partial charge in [-0.05, 0) is 28.2 Å². The first-order valence-corrected chi connectivity index (χ1v) is 11.7. The van der Waals surface area contributed by atoms with Crippen LogP contribution in [-0.4, -0.2) is 53.8 Å². The summed E-state index contributed by atoms with van der Waals surface area (Å²) in [6.45, 7) is 4.19. The molecule has 1 aliphatic carbocycles. The van der Waals surface area contributed by atoms with Crippen LogP contribution in [0.15, 0.2) is 48.5 Å². The molecule has 170 valence electrons. The second-order valence-electron chi connectivity index (χ2n) is 7.93. The van der Waals surface area contributed by atoms with E-state index in [1.807, 2.05) is 50.2 Å². The predicted octanol–water partition coefficient (Wildman–Crippen LogP) is 3.48. The third-order valence-electron chi connectivity index (χ3n) is 5.34. The number of carbonyl (C=O) groups is 3. The van der Waals surface area contributed by atoms with Gasteiger partial charge in [0.1, 0.15) is 12.6 Å². The minimum Gasteiger partial charge on any atom is -0.481 e. The lowest BCUT2D eigenvalue weighted by atomic mass is 9.98. The SMILES string of the molecule is CC(C)[C@@H](NC(=O)OCC1c2ccccc2-c2ccccc21)C(=O)NCCSCC(=O)O. The first kappa shape index (κ1) is 23.7. The Morgan fingerprint density at radius 3 is 2.19 bits per heavy atom. The Balaban J connectivity index is 1.55. The first-order valence-electron chi connectivity index (χ1n) is 10.6.